The Kier molecular flexibility index (Phi) is 6.91. The monoisotopic (exact) mass is 502 g/mol. The molecule has 7 nitrogen and oxygen atoms in total. The highest BCUT2D eigenvalue weighted by Gasteiger charge is 2.48. The number of ketones is 1. The Labute approximate surface area is 205 Å². The zero-order valence-electron chi connectivity index (χ0n) is 19.1. The maximum absolute atomic E-state index is 15.2. The van der Waals surface area contributed by atoms with Gasteiger partial charge in [-0.3, -0.25) is 14.4 Å². The number of nitrogens with two attached hydrogens (primary N) is 1. The van der Waals surface area contributed by atoms with Crippen molar-refractivity contribution in [3.8, 4) is 0 Å². The number of benzene rings is 2. The van der Waals surface area contributed by atoms with Gasteiger partial charge >= 0.3 is 0 Å². The van der Waals surface area contributed by atoms with Crippen LogP contribution in [0.15, 0.2) is 48.7 Å². The standard InChI is InChI=1S/C25H25ClF2N4O3/c1-15(33)18-11-31(20-8-3-2-6-17(18)20)12-22(34)32-14-25(28,13-29)9-21(32)24(35)30-10-16-5-4-7-19(26)23(16)27/h2-8,11,21H,9-10,12-14,29H2,1H3,(H,30,35)/t21-,25-/m0/s1. The Morgan fingerprint density at radius 1 is 1.20 bits per heavy atom. The maximum atomic E-state index is 15.2. The first-order chi connectivity index (χ1) is 16.6. The molecule has 1 aromatic heterocycles. The molecule has 0 unspecified atom stereocenters. The minimum atomic E-state index is -1.93. The predicted molar refractivity (Wildman–Crippen MR) is 128 cm³/mol. The highest BCUT2D eigenvalue weighted by molar-refractivity contribution is 6.30. The average molecular weight is 503 g/mol. The Morgan fingerprint density at radius 3 is 2.66 bits per heavy atom. The summed E-state index contributed by atoms with van der Waals surface area (Å²) in [7, 11) is 0. The molecule has 2 amide bonds. The van der Waals surface area contributed by atoms with Crippen LogP contribution in [0.5, 0.6) is 0 Å². The largest absolute Gasteiger partial charge is 0.350 e. The minimum absolute atomic E-state index is 0.0794. The van der Waals surface area contributed by atoms with E-state index in [2.05, 4.69) is 5.32 Å². The second kappa shape index (κ2) is 9.75. The van der Waals surface area contributed by atoms with Gasteiger partial charge in [-0.25, -0.2) is 8.78 Å². The van der Waals surface area contributed by atoms with Crippen LogP contribution in [0.3, 0.4) is 0 Å². The summed E-state index contributed by atoms with van der Waals surface area (Å²) in [5.41, 5.74) is 4.99. The molecule has 3 aromatic rings. The Hall–Kier alpha value is -3.30. The van der Waals surface area contributed by atoms with Crippen molar-refractivity contribution in [1.82, 2.24) is 14.8 Å². The van der Waals surface area contributed by atoms with E-state index in [0.29, 0.717) is 16.5 Å². The number of aromatic nitrogens is 1. The highest BCUT2D eigenvalue weighted by atomic mass is 35.5. The van der Waals surface area contributed by atoms with Crippen LogP contribution in [0.4, 0.5) is 8.78 Å². The van der Waals surface area contributed by atoms with Crippen LogP contribution in [0.1, 0.15) is 29.3 Å². The van der Waals surface area contributed by atoms with Gasteiger partial charge in [0, 0.05) is 47.7 Å². The molecule has 1 aliphatic rings. The molecule has 1 fully saturated rings. The third-order valence-electron chi connectivity index (χ3n) is 6.34. The first kappa shape index (κ1) is 24.8. The van der Waals surface area contributed by atoms with E-state index in [1.54, 1.807) is 41.1 Å². The van der Waals surface area contributed by atoms with Gasteiger partial charge in [-0.15, -0.1) is 0 Å². The molecule has 0 radical (unpaired) electrons. The highest BCUT2D eigenvalue weighted by Crippen LogP contribution is 2.31. The van der Waals surface area contributed by atoms with Gasteiger partial charge in [0.15, 0.2) is 5.78 Å². The van der Waals surface area contributed by atoms with Gasteiger partial charge in [-0.1, -0.05) is 41.9 Å². The van der Waals surface area contributed by atoms with Crippen LogP contribution in [0.25, 0.3) is 10.9 Å². The molecule has 35 heavy (non-hydrogen) atoms. The SMILES string of the molecule is CC(=O)c1cn(CC(=O)N2C[C@@](F)(CN)C[C@H]2C(=O)NCc2cccc(Cl)c2F)c2ccccc12. The fourth-order valence-electron chi connectivity index (χ4n) is 4.46. The lowest BCUT2D eigenvalue weighted by molar-refractivity contribution is -0.139. The summed E-state index contributed by atoms with van der Waals surface area (Å²) in [6.45, 7) is 0.377. The second-order valence-electron chi connectivity index (χ2n) is 8.77. The first-order valence-corrected chi connectivity index (χ1v) is 11.5. The number of rotatable bonds is 7. The van der Waals surface area contributed by atoms with E-state index in [0.717, 1.165) is 0 Å². The van der Waals surface area contributed by atoms with Crippen molar-refractivity contribution in [2.24, 2.45) is 5.73 Å². The molecular weight excluding hydrogens is 478 g/mol. The smallest absolute Gasteiger partial charge is 0.243 e. The van der Waals surface area contributed by atoms with Gasteiger partial charge in [0.25, 0.3) is 0 Å². The van der Waals surface area contributed by atoms with Crippen LogP contribution < -0.4 is 11.1 Å². The molecule has 0 saturated carbocycles. The van der Waals surface area contributed by atoms with E-state index in [9.17, 15) is 18.8 Å². The lowest BCUT2D eigenvalue weighted by Crippen LogP contribution is -2.47. The number of nitrogens with zero attached hydrogens (tertiary/aromatic N) is 2. The van der Waals surface area contributed by atoms with Crippen LogP contribution in [0, 0.1) is 5.82 Å². The van der Waals surface area contributed by atoms with Gasteiger partial charge in [-0.05, 0) is 19.1 Å². The third kappa shape index (κ3) is 4.92. The lowest BCUT2D eigenvalue weighted by Gasteiger charge is -2.24. The number of alkyl halides is 1. The van der Waals surface area contributed by atoms with E-state index in [-0.39, 0.29) is 49.0 Å². The number of amides is 2. The van der Waals surface area contributed by atoms with E-state index < -0.39 is 29.3 Å². The maximum Gasteiger partial charge on any atom is 0.243 e. The Balaban J connectivity index is 1.55. The third-order valence-corrected chi connectivity index (χ3v) is 6.63. The van der Waals surface area contributed by atoms with Gasteiger partial charge < -0.3 is 20.5 Å². The number of hydrogen-bond donors (Lipinski definition) is 2. The molecule has 1 saturated heterocycles. The van der Waals surface area contributed by atoms with Crippen molar-refractivity contribution >= 4 is 40.1 Å². The van der Waals surface area contributed by atoms with Crippen molar-refractivity contribution in [2.45, 2.75) is 38.1 Å². The van der Waals surface area contributed by atoms with E-state index in [1.807, 2.05) is 0 Å². The quantitative estimate of drug-likeness (QED) is 0.485. The summed E-state index contributed by atoms with van der Waals surface area (Å²) in [6.07, 6.45) is 1.31. The van der Waals surface area contributed by atoms with E-state index >= 15 is 4.39 Å². The van der Waals surface area contributed by atoms with Crippen molar-refractivity contribution in [1.29, 1.82) is 0 Å². The summed E-state index contributed by atoms with van der Waals surface area (Å²) in [5.74, 6) is -1.92. The molecule has 3 N–H and O–H groups in total. The number of Topliss-reactive ketones (excluding diaryl/α,β-unsaturated/α-hetero) is 1. The zero-order valence-corrected chi connectivity index (χ0v) is 19.8. The summed E-state index contributed by atoms with van der Waals surface area (Å²) in [5, 5.41) is 3.20. The molecular formula is C25H25ClF2N4O3. The van der Waals surface area contributed by atoms with E-state index in [4.69, 9.17) is 17.3 Å². The minimum Gasteiger partial charge on any atom is -0.350 e. The topological polar surface area (TPSA) is 97.4 Å². The summed E-state index contributed by atoms with van der Waals surface area (Å²) >= 11 is 5.79. The molecule has 4 rings (SSSR count). The number of nitrogens with one attached hydrogen (secondary N) is 1. The number of halogens is 3. The molecule has 2 aromatic carbocycles. The normalized spacial score (nSPS) is 19.8. The summed E-state index contributed by atoms with van der Waals surface area (Å²) in [4.78, 5) is 39.5. The van der Waals surface area contributed by atoms with Gasteiger partial charge in [0.1, 0.15) is 24.1 Å². The molecule has 10 heteroatoms. The molecule has 184 valence electrons. The van der Waals surface area contributed by atoms with Crippen LogP contribution >= 0.6 is 11.6 Å². The number of fused-ring (bicyclic) bond motifs is 1. The van der Waals surface area contributed by atoms with Gasteiger partial charge in [0.05, 0.1) is 11.6 Å². The number of para-hydroxylation sites is 1. The van der Waals surface area contributed by atoms with Crippen LogP contribution in [0.2, 0.25) is 5.02 Å². The number of carbonyl (C=O) groups is 3. The Morgan fingerprint density at radius 2 is 1.94 bits per heavy atom. The van der Waals surface area contributed by atoms with Crippen LogP contribution in [-0.2, 0) is 22.7 Å². The summed E-state index contributed by atoms with van der Waals surface area (Å²) < 4.78 is 31.0. The van der Waals surface area contributed by atoms with Gasteiger partial charge in [0.2, 0.25) is 11.8 Å². The molecule has 2 atom stereocenters. The van der Waals surface area contributed by atoms with Crippen molar-refractivity contribution in [3.63, 3.8) is 0 Å². The first-order valence-electron chi connectivity index (χ1n) is 11.1. The van der Waals surface area contributed by atoms with Crippen molar-refractivity contribution in [3.05, 3.63) is 70.6 Å². The van der Waals surface area contributed by atoms with E-state index in [1.165, 1.54) is 24.0 Å². The fraction of sp³-hybridized carbons (Fsp3) is 0.320. The number of carbonyl (C=O) groups excluding carboxylic acids is 3. The summed E-state index contributed by atoms with van der Waals surface area (Å²) in [6, 6.07) is 10.4. The molecule has 1 aliphatic heterocycles. The van der Waals surface area contributed by atoms with Crippen molar-refractivity contribution < 1.29 is 23.2 Å². The second-order valence-corrected chi connectivity index (χ2v) is 9.18. The number of hydrogen-bond acceptors (Lipinski definition) is 4. The van der Waals surface area contributed by atoms with Crippen LogP contribution in [-0.4, -0.2) is 51.9 Å². The van der Waals surface area contributed by atoms with Crippen molar-refractivity contribution in [2.75, 3.05) is 13.1 Å². The molecule has 0 bridgehead atoms. The molecule has 0 aliphatic carbocycles. The average Bonchev–Trinajstić information content (AvgIpc) is 3.39. The molecule has 0 spiro atoms. The fourth-order valence-corrected chi connectivity index (χ4v) is 4.65. The zero-order chi connectivity index (χ0) is 25.3. The Bertz CT molecular complexity index is 1310. The predicted octanol–water partition coefficient (Wildman–Crippen LogP) is 3.22. The molecule has 2 heterocycles. The lowest BCUT2D eigenvalue weighted by atomic mass is 10.0. The van der Waals surface area contributed by atoms with Gasteiger partial charge in [-0.2, -0.15) is 0 Å². The number of likely N-dealkylation sites (tertiary alicyclic amines) is 1.